The number of carbonyl (C=O) groups excluding carboxylic acids is 3. The molecule has 0 saturated heterocycles. The van der Waals surface area contributed by atoms with Crippen LogP contribution in [0.2, 0.25) is 0 Å². The highest BCUT2D eigenvalue weighted by Crippen LogP contribution is 2.17. The van der Waals surface area contributed by atoms with Gasteiger partial charge in [-0.05, 0) is 37.4 Å². The maximum atomic E-state index is 12.1. The van der Waals surface area contributed by atoms with Crippen molar-refractivity contribution in [1.82, 2.24) is 0 Å². The van der Waals surface area contributed by atoms with E-state index in [0.29, 0.717) is 16.1 Å². The predicted molar refractivity (Wildman–Crippen MR) is 84.3 cm³/mol. The molecular formula is C16H15NO4S. The monoisotopic (exact) mass is 317 g/mol. The van der Waals surface area contributed by atoms with E-state index in [1.54, 1.807) is 41.8 Å². The lowest BCUT2D eigenvalue weighted by molar-refractivity contribution is -0.123. The summed E-state index contributed by atoms with van der Waals surface area (Å²) in [6, 6.07) is 10.0. The van der Waals surface area contributed by atoms with Gasteiger partial charge in [0.1, 0.15) is 4.88 Å². The van der Waals surface area contributed by atoms with Gasteiger partial charge in [-0.1, -0.05) is 18.2 Å². The summed E-state index contributed by atoms with van der Waals surface area (Å²) in [4.78, 5) is 35.8. The van der Waals surface area contributed by atoms with Crippen LogP contribution in [0.15, 0.2) is 41.8 Å². The van der Waals surface area contributed by atoms with Crippen molar-refractivity contribution >= 4 is 34.7 Å². The second-order valence-electron chi connectivity index (χ2n) is 4.62. The summed E-state index contributed by atoms with van der Waals surface area (Å²) >= 11 is 1.24. The number of nitrogens with one attached hydrogen (secondary N) is 1. The maximum absolute atomic E-state index is 12.1. The number of hydrogen-bond acceptors (Lipinski definition) is 5. The zero-order valence-electron chi connectivity index (χ0n) is 12.2. The van der Waals surface area contributed by atoms with E-state index in [9.17, 15) is 14.4 Å². The van der Waals surface area contributed by atoms with E-state index >= 15 is 0 Å². The summed E-state index contributed by atoms with van der Waals surface area (Å²) < 4.78 is 5.10. The first kappa shape index (κ1) is 15.9. The van der Waals surface area contributed by atoms with Gasteiger partial charge in [0, 0.05) is 5.56 Å². The van der Waals surface area contributed by atoms with Gasteiger partial charge in [0.25, 0.3) is 5.91 Å². The lowest BCUT2D eigenvalue weighted by Crippen LogP contribution is -2.30. The van der Waals surface area contributed by atoms with Crippen molar-refractivity contribution in [3.63, 3.8) is 0 Å². The van der Waals surface area contributed by atoms with Gasteiger partial charge < -0.3 is 10.1 Å². The first-order valence-electron chi connectivity index (χ1n) is 6.64. The number of para-hydroxylation sites is 1. The molecule has 0 unspecified atom stereocenters. The van der Waals surface area contributed by atoms with Gasteiger partial charge in [-0.3, -0.25) is 9.59 Å². The van der Waals surface area contributed by atoms with E-state index in [2.05, 4.69) is 5.32 Å². The SMILES string of the molecule is CC(=O)c1ccccc1NC(=O)[C@@H](C)OC(=O)c1cccs1. The Kier molecular flexibility index (Phi) is 5.06. The van der Waals surface area contributed by atoms with Crippen LogP contribution in [0.4, 0.5) is 5.69 Å². The summed E-state index contributed by atoms with van der Waals surface area (Å²) in [5.41, 5.74) is 0.812. The third kappa shape index (κ3) is 3.79. The average Bonchev–Trinajstić information content (AvgIpc) is 3.01. The van der Waals surface area contributed by atoms with Gasteiger partial charge in [0.15, 0.2) is 11.9 Å². The van der Waals surface area contributed by atoms with Crippen molar-refractivity contribution < 1.29 is 19.1 Å². The van der Waals surface area contributed by atoms with Gasteiger partial charge in [-0.2, -0.15) is 0 Å². The number of benzene rings is 1. The topological polar surface area (TPSA) is 72.5 Å². The third-order valence-electron chi connectivity index (χ3n) is 2.94. The molecule has 1 atom stereocenters. The zero-order valence-corrected chi connectivity index (χ0v) is 13.0. The lowest BCUT2D eigenvalue weighted by atomic mass is 10.1. The van der Waals surface area contributed by atoms with Crippen LogP contribution in [-0.4, -0.2) is 23.8 Å². The van der Waals surface area contributed by atoms with Crippen molar-refractivity contribution in [2.45, 2.75) is 20.0 Å². The fraction of sp³-hybridized carbons (Fsp3) is 0.188. The van der Waals surface area contributed by atoms with E-state index in [4.69, 9.17) is 4.74 Å². The first-order valence-corrected chi connectivity index (χ1v) is 7.52. The molecule has 1 aromatic heterocycles. The molecule has 22 heavy (non-hydrogen) atoms. The Bertz CT molecular complexity index is 694. The fourth-order valence-electron chi connectivity index (χ4n) is 1.80. The number of anilines is 1. The standard InChI is InChI=1S/C16H15NO4S/c1-10(18)12-6-3-4-7-13(12)17-15(19)11(2)21-16(20)14-8-5-9-22-14/h3-9,11H,1-2H3,(H,17,19)/t11-/m1/s1. The van der Waals surface area contributed by atoms with E-state index in [0.717, 1.165) is 0 Å². The summed E-state index contributed by atoms with van der Waals surface area (Å²) in [7, 11) is 0. The number of thiophene rings is 1. The largest absolute Gasteiger partial charge is 0.448 e. The quantitative estimate of drug-likeness (QED) is 0.679. The van der Waals surface area contributed by atoms with Crippen molar-refractivity contribution in [3.8, 4) is 0 Å². The second-order valence-corrected chi connectivity index (χ2v) is 5.56. The lowest BCUT2D eigenvalue weighted by Gasteiger charge is -2.14. The number of hydrogen-bond donors (Lipinski definition) is 1. The van der Waals surface area contributed by atoms with Crippen LogP contribution in [0.25, 0.3) is 0 Å². The smallest absolute Gasteiger partial charge is 0.349 e. The van der Waals surface area contributed by atoms with Crippen LogP contribution in [0, 0.1) is 0 Å². The Hall–Kier alpha value is -2.47. The van der Waals surface area contributed by atoms with E-state index in [-0.39, 0.29) is 5.78 Å². The molecule has 0 aliphatic rings. The Labute approximate surface area is 131 Å². The average molecular weight is 317 g/mol. The fourth-order valence-corrected chi connectivity index (χ4v) is 2.41. The van der Waals surface area contributed by atoms with Crippen LogP contribution < -0.4 is 5.32 Å². The van der Waals surface area contributed by atoms with Crippen molar-refractivity contribution in [1.29, 1.82) is 0 Å². The third-order valence-corrected chi connectivity index (χ3v) is 3.79. The van der Waals surface area contributed by atoms with Crippen LogP contribution in [0.3, 0.4) is 0 Å². The minimum absolute atomic E-state index is 0.154. The molecule has 5 nitrogen and oxygen atoms in total. The predicted octanol–water partition coefficient (Wildman–Crippen LogP) is 3.13. The molecule has 0 saturated carbocycles. The van der Waals surface area contributed by atoms with Crippen LogP contribution in [0.5, 0.6) is 0 Å². The Morgan fingerprint density at radius 3 is 2.50 bits per heavy atom. The van der Waals surface area contributed by atoms with E-state index in [1.165, 1.54) is 25.2 Å². The molecule has 2 aromatic rings. The Balaban J connectivity index is 2.03. The molecule has 0 fully saturated rings. The number of ether oxygens (including phenoxy) is 1. The van der Waals surface area contributed by atoms with Gasteiger partial charge >= 0.3 is 5.97 Å². The Morgan fingerprint density at radius 1 is 1.14 bits per heavy atom. The minimum Gasteiger partial charge on any atom is -0.448 e. The number of rotatable bonds is 5. The second kappa shape index (κ2) is 7.00. The zero-order chi connectivity index (χ0) is 16.1. The highest BCUT2D eigenvalue weighted by molar-refractivity contribution is 7.11. The molecule has 0 radical (unpaired) electrons. The van der Waals surface area contributed by atoms with E-state index < -0.39 is 18.0 Å². The van der Waals surface area contributed by atoms with Crippen molar-refractivity contribution in [3.05, 3.63) is 52.2 Å². The number of carbonyl (C=O) groups is 3. The molecule has 1 aromatic carbocycles. The van der Waals surface area contributed by atoms with Crippen molar-refractivity contribution in [2.75, 3.05) is 5.32 Å². The molecule has 0 bridgehead atoms. The molecule has 0 aliphatic carbocycles. The van der Waals surface area contributed by atoms with Crippen LogP contribution in [-0.2, 0) is 9.53 Å². The molecule has 1 N–H and O–H groups in total. The first-order chi connectivity index (χ1) is 10.5. The molecular weight excluding hydrogens is 302 g/mol. The maximum Gasteiger partial charge on any atom is 0.349 e. The molecule has 1 amide bonds. The Morgan fingerprint density at radius 2 is 1.86 bits per heavy atom. The normalized spacial score (nSPS) is 11.5. The summed E-state index contributed by atoms with van der Waals surface area (Å²) in [6.07, 6.45) is -0.963. The van der Waals surface area contributed by atoms with Crippen LogP contribution in [0.1, 0.15) is 33.9 Å². The number of ketones is 1. The molecule has 0 aliphatic heterocycles. The highest BCUT2D eigenvalue weighted by Gasteiger charge is 2.20. The van der Waals surface area contributed by atoms with Gasteiger partial charge in [0.2, 0.25) is 0 Å². The summed E-state index contributed by atoms with van der Waals surface area (Å²) in [5, 5.41) is 4.36. The van der Waals surface area contributed by atoms with Crippen LogP contribution >= 0.6 is 11.3 Å². The van der Waals surface area contributed by atoms with Gasteiger partial charge in [0.05, 0.1) is 5.69 Å². The molecule has 1 heterocycles. The molecule has 114 valence electrons. The number of esters is 1. The molecule has 2 rings (SSSR count). The number of amides is 1. The number of Topliss-reactive ketones (excluding diaryl/α,β-unsaturated/α-hetero) is 1. The molecule has 6 heteroatoms. The van der Waals surface area contributed by atoms with E-state index in [1.807, 2.05) is 0 Å². The minimum atomic E-state index is -0.963. The summed E-state index contributed by atoms with van der Waals surface area (Å²) in [5.74, 6) is -1.18. The van der Waals surface area contributed by atoms with Gasteiger partial charge in [-0.25, -0.2) is 4.79 Å². The molecule has 0 spiro atoms. The van der Waals surface area contributed by atoms with Gasteiger partial charge in [-0.15, -0.1) is 11.3 Å². The highest BCUT2D eigenvalue weighted by atomic mass is 32.1. The van der Waals surface area contributed by atoms with Crippen molar-refractivity contribution in [2.24, 2.45) is 0 Å². The summed E-state index contributed by atoms with van der Waals surface area (Å²) in [6.45, 7) is 2.91.